The first-order valence-electron chi connectivity index (χ1n) is 6.32. The van der Waals surface area contributed by atoms with Gasteiger partial charge in [0.25, 0.3) is 5.91 Å². The minimum atomic E-state index is -0.199. The maximum Gasteiger partial charge on any atom is 0.258 e. The summed E-state index contributed by atoms with van der Waals surface area (Å²) in [5.74, 6) is -0.199. The number of aromatic nitrogens is 2. The number of amides is 1. The van der Waals surface area contributed by atoms with E-state index in [-0.39, 0.29) is 5.91 Å². The molecule has 1 heterocycles. The zero-order valence-corrected chi connectivity index (χ0v) is 12.5. The second-order valence-electron chi connectivity index (χ2n) is 4.57. The molecule has 1 amide bonds. The molecular weight excluding hydrogens is 276 g/mol. The summed E-state index contributed by atoms with van der Waals surface area (Å²) in [6.45, 7) is 2.70. The van der Waals surface area contributed by atoms with Crippen molar-refractivity contribution in [2.24, 2.45) is 0 Å². The third-order valence-electron chi connectivity index (χ3n) is 2.90. The van der Waals surface area contributed by atoms with E-state index in [2.05, 4.69) is 10.4 Å². The monoisotopic (exact) mass is 292 g/mol. The Balaban J connectivity index is 2.26. The summed E-state index contributed by atoms with van der Waals surface area (Å²) in [7, 11) is 3.76. The molecule has 20 heavy (non-hydrogen) atoms. The molecule has 0 unspecified atom stereocenters. The normalized spacial score (nSPS) is 10.4. The number of carbonyl (C=O) groups is 1. The molecule has 0 saturated carbocycles. The van der Waals surface area contributed by atoms with Crippen LogP contribution in [-0.4, -0.2) is 29.8 Å². The SMILES string of the molecule is CCn1cc(C(=O)Nc2cccc(Cl)c2N(C)C)cn1. The Morgan fingerprint density at radius 1 is 1.45 bits per heavy atom. The number of carbonyl (C=O) groups excluding carboxylic acids is 1. The average Bonchev–Trinajstić information content (AvgIpc) is 2.87. The molecule has 0 atom stereocenters. The zero-order valence-electron chi connectivity index (χ0n) is 11.7. The zero-order chi connectivity index (χ0) is 14.7. The highest BCUT2D eigenvalue weighted by Crippen LogP contribution is 2.32. The molecular formula is C14H17ClN4O. The molecule has 0 aliphatic heterocycles. The Morgan fingerprint density at radius 3 is 2.80 bits per heavy atom. The van der Waals surface area contributed by atoms with Gasteiger partial charge >= 0.3 is 0 Å². The highest BCUT2D eigenvalue weighted by molar-refractivity contribution is 6.34. The molecule has 0 radical (unpaired) electrons. The second kappa shape index (κ2) is 5.96. The molecule has 1 aromatic heterocycles. The fourth-order valence-corrected chi connectivity index (χ4v) is 2.26. The van der Waals surface area contributed by atoms with E-state index < -0.39 is 0 Å². The predicted octanol–water partition coefficient (Wildman–Crippen LogP) is 2.87. The Labute approximate surface area is 123 Å². The number of anilines is 2. The van der Waals surface area contributed by atoms with Crippen LogP contribution in [0.1, 0.15) is 17.3 Å². The van der Waals surface area contributed by atoms with Crippen molar-refractivity contribution in [3.05, 3.63) is 41.2 Å². The molecule has 0 aliphatic rings. The predicted molar refractivity (Wildman–Crippen MR) is 81.6 cm³/mol. The van der Waals surface area contributed by atoms with Crippen LogP contribution >= 0.6 is 11.6 Å². The van der Waals surface area contributed by atoms with E-state index in [1.807, 2.05) is 32.0 Å². The van der Waals surface area contributed by atoms with Gasteiger partial charge in [-0.15, -0.1) is 0 Å². The maximum absolute atomic E-state index is 12.2. The Hall–Kier alpha value is -2.01. The van der Waals surface area contributed by atoms with Gasteiger partial charge in [-0.1, -0.05) is 17.7 Å². The highest BCUT2D eigenvalue weighted by atomic mass is 35.5. The van der Waals surface area contributed by atoms with Crippen LogP contribution in [0.4, 0.5) is 11.4 Å². The molecule has 1 N–H and O–H groups in total. The number of nitrogens with one attached hydrogen (secondary N) is 1. The van der Waals surface area contributed by atoms with Crippen molar-refractivity contribution in [1.82, 2.24) is 9.78 Å². The van der Waals surface area contributed by atoms with Gasteiger partial charge in [-0.3, -0.25) is 9.48 Å². The molecule has 106 valence electrons. The number of hydrogen-bond donors (Lipinski definition) is 1. The van der Waals surface area contributed by atoms with Crippen LogP contribution in [0.25, 0.3) is 0 Å². The van der Waals surface area contributed by atoms with Crippen molar-refractivity contribution in [2.45, 2.75) is 13.5 Å². The second-order valence-corrected chi connectivity index (χ2v) is 4.98. The third kappa shape index (κ3) is 2.93. The Morgan fingerprint density at radius 2 is 2.20 bits per heavy atom. The van der Waals surface area contributed by atoms with Crippen LogP contribution in [0.15, 0.2) is 30.6 Å². The maximum atomic E-state index is 12.2. The Bertz CT molecular complexity index is 621. The topological polar surface area (TPSA) is 50.2 Å². The number of halogens is 1. The molecule has 2 rings (SSSR count). The van der Waals surface area contributed by atoms with E-state index in [0.717, 1.165) is 12.2 Å². The van der Waals surface area contributed by atoms with Crippen molar-refractivity contribution >= 4 is 28.9 Å². The van der Waals surface area contributed by atoms with Gasteiger partial charge in [0, 0.05) is 26.8 Å². The fraction of sp³-hybridized carbons (Fsp3) is 0.286. The van der Waals surface area contributed by atoms with Crippen molar-refractivity contribution in [1.29, 1.82) is 0 Å². The summed E-state index contributed by atoms with van der Waals surface area (Å²) in [4.78, 5) is 14.1. The lowest BCUT2D eigenvalue weighted by Gasteiger charge is -2.19. The molecule has 2 aromatic rings. The van der Waals surface area contributed by atoms with Crippen LogP contribution in [0.5, 0.6) is 0 Å². The van der Waals surface area contributed by atoms with E-state index in [0.29, 0.717) is 16.3 Å². The molecule has 1 aromatic carbocycles. The van der Waals surface area contributed by atoms with Crippen LogP contribution < -0.4 is 10.2 Å². The number of nitrogens with zero attached hydrogens (tertiary/aromatic N) is 3. The fourth-order valence-electron chi connectivity index (χ4n) is 1.92. The standard InChI is InChI=1S/C14H17ClN4O/c1-4-19-9-10(8-16-19)14(20)17-12-7-5-6-11(15)13(12)18(2)3/h5-9H,4H2,1-3H3,(H,17,20). The van der Waals surface area contributed by atoms with Crippen LogP contribution in [-0.2, 0) is 6.54 Å². The number of benzene rings is 1. The summed E-state index contributed by atoms with van der Waals surface area (Å²) in [5.41, 5.74) is 1.98. The van der Waals surface area contributed by atoms with Gasteiger partial charge < -0.3 is 10.2 Å². The summed E-state index contributed by atoms with van der Waals surface area (Å²) >= 11 is 6.17. The van der Waals surface area contributed by atoms with Crippen molar-refractivity contribution in [3.63, 3.8) is 0 Å². The molecule has 5 nitrogen and oxygen atoms in total. The van der Waals surface area contributed by atoms with Gasteiger partial charge in [-0.25, -0.2) is 0 Å². The average molecular weight is 293 g/mol. The van der Waals surface area contributed by atoms with Crippen molar-refractivity contribution in [3.8, 4) is 0 Å². The van der Waals surface area contributed by atoms with E-state index in [1.165, 1.54) is 0 Å². The minimum Gasteiger partial charge on any atom is -0.375 e. The minimum absolute atomic E-state index is 0.199. The lowest BCUT2D eigenvalue weighted by molar-refractivity contribution is 0.102. The van der Waals surface area contributed by atoms with E-state index >= 15 is 0 Å². The van der Waals surface area contributed by atoms with E-state index in [9.17, 15) is 4.79 Å². The quantitative estimate of drug-likeness (QED) is 0.943. The van der Waals surface area contributed by atoms with Crippen molar-refractivity contribution < 1.29 is 4.79 Å². The van der Waals surface area contributed by atoms with Gasteiger partial charge in [0.15, 0.2) is 0 Å². The summed E-state index contributed by atoms with van der Waals surface area (Å²) in [6.07, 6.45) is 3.27. The number of rotatable bonds is 4. The van der Waals surface area contributed by atoms with Gasteiger partial charge in [-0.2, -0.15) is 5.10 Å². The first-order chi connectivity index (χ1) is 9.52. The first-order valence-corrected chi connectivity index (χ1v) is 6.70. The molecule has 0 bridgehead atoms. The number of hydrogen-bond acceptors (Lipinski definition) is 3. The summed E-state index contributed by atoms with van der Waals surface area (Å²) < 4.78 is 1.71. The van der Waals surface area contributed by atoms with Crippen LogP contribution in [0, 0.1) is 0 Å². The molecule has 0 aliphatic carbocycles. The van der Waals surface area contributed by atoms with Gasteiger partial charge in [0.2, 0.25) is 0 Å². The smallest absolute Gasteiger partial charge is 0.258 e. The van der Waals surface area contributed by atoms with Crippen molar-refractivity contribution in [2.75, 3.05) is 24.3 Å². The van der Waals surface area contributed by atoms with Crippen LogP contribution in [0.2, 0.25) is 5.02 Å². The molecule has 0 spiro atoms. The van der Waals surface area contributed by atoms with E-state index in [1.54, 1.807) is 29.2 Å². The lowest BCUT2D eigenvalue weighted by atomic mass is 10.2. The molecule has 0 fully saturated rings. The largest absolute Gasteiger partial charge is 0.375 e. The molecule has 6 heteroatoms. The van der Waals surface area contributed by atoms with Gasteiger partial charge in [-0.05, 0) is 19.1 Å². The Kier molecular flexibility index (Phi) is 4.29. The first kappa shape index (κ1) is 14.4. The highest BCUT2D eigenvalue weighted by Gasteiger charge is 2.14. The molecule has 0 saturated heterocycles. The van der Waals surface area contributed by atoms with Gasteiger partial charge in [0.05, 0.1) is 28.2 Å². The van der Waals surface area contributed by atoms with Crippen LogP contribution in [0.3, 0.4) is 0 Å². The summed E-state index contributed by atoms with van der Waals surface area (Å²) in [6, 6.07) is 5.42. The number of para-hydroxylation sites is 1. The van der Waals surface area contributed by atoms with E-state index in [4.69, 9.17) is 11.6 Å². The number of aryl methyl sites for hydroxylation is 1. The lowest BCUT2D eigenvalue weighted by Crippen LogP contribution is -2.16. The third-order valence-corrected chi connectivity index (χ3v) is 3.21. The van der Waals surface area contributed by atoms with Gasteiger partial charge in [0.1, 0.15) is 0 Å². The summed E-state index contributed by atoms with van der Waals surface area (Å²) in [5, 5.41) is 7.55.